The van der Waals surface area contributed by atoms with Crippen LogP contribution in [0.3, 0.4) is 0 Å². The zero-order valence-electron chi connectivity index (χ0n) is 17.7. The van der Waals surface area contributed by atoms with Gasteiger partial charge in [0.05, 0.1) is 23.0 Å². The van der Waals surface area contributed by atoms with E-state index in [1.54, 1.807) is 0 Å². The second-order valence-corrected chi connectivity index (χ2v) is 7.86. The molecule has 7 nitrogen and oxygen atoms in total. The van der Waals surface area contributed by atoms with Gasteiger partial charge >= 0.3 is 5.63 Å². The molecular weight excluding hydrogens is 394 g/mol. The predicted octanol–water partition coefficient (Wildman–Crippen LogP) is 4.83. The van der Waals surface area contributed by atoms with Crippen molar-refractivity contribution in [2.45, 2.75) is 34.1 Å². The highest BCUT2D eigenvalue weighted by molar-refractivity contribution is 6.01. The zero-order chi connectivity index (χ0) is 21.9. The molecule has 156 valence electrons. The van der Waals surface area contributed by atoms with E-state index >= 15 is 0 Å². The van der Waals surface area contributed by atoms with Gasteiger partial charge in [-0.2, -0.15) is 0 Å². The summed E-state index contributed by atoms with van der Waals surface area (Å²) in [6.45, 7) is 7.64. The van der Waals surface area contributed by atoms with Crippen LogP contribution in [-0.4, -0.2) is 15.9 Å². The number of nitrogens with one attached hydrogen (secondary N) is 2. The third kappa shape index (κ3) is 3.01. The molecule has 5 rings (SSSR count). The molecule has 2 N–H and O–H groups in total. The van der Waals surface area contributed by atoms with Crippen LogP contribution in [0.5, 0.6) is 0 Å². The summed E-state index contributed by atoms with van der Waals surface area (Å²) in [6, 6.07) is 9.47. The average Bonchev–Trinajstić information content (AvgIpc) is 3.27. The van der Waals surface area contributed by atoms with Crippen molar-refractivity contribution in [1.82, 2.24) is 9.97 Å². The van der Waals surface area contributed by atoms with Crippen LogP contribution in [0, 0.1) is 27.7 Å². The number of rotatable bonds is 3. The van der Waals surface area contributed by atoms with Crippen molar-refractivity contribution < 1.29 is 13.6 Å². The van der Waals surface area contributed by atoms with Crippen molar-refractivity contribution in [3.63, 3.8) is 0 Å². The topological polar surface area (TPSA) is 101 Å². The Hall–Kier alpha value is -3.87. The van der Waals surface area contributed by atoms with Gasteiger partial charge in [-0.05, 0) is 57.0 Å². The quantitative estimate of drug-likeness (QED) is 0.411. The number of para-hydroxylation sites is 2. The number of aromatic amines is 1. The van der Waals surface area contributed by atoms with Gasteiger partial charge in [-0.25, -0.2) is 9.78 Å². The molecule has 3 aromatic heterocycles. The molecule has 0 unspecified atom stereocenters. The summed E-state index contributed by atoms with van der Waals surface area (Å²) >= 11 is 0. The number of imidazole rings is 1. The highest BCUT2D eigenvalue weighted by Gasteiger charge is 2.20. The van der Waals surface area contributed by atoms with Crippen LogP contribution in [0.2, 0.25) is 0 Å². The van der Waals surface area contributed by atoms with E-state index in [-0.39, 0.29) is 12.3 Å². The number of anilines is 1. The maximum Gasteiger partial charge on any atom is 0.340 e. The number of hydrogen-bond donors (Lipinski definition) is 2. The number of carbonyl (C=O) groups excluding carboxylic acids is 1. The van der Waals surface area contributed by atoms with E-state index in [1.807, 2.05) is 58.0 Å². The molecule has 1 amide bonds. The number of nitrogens with zero attached hydrogens (tertiary/aromatic N) is 1. The van der Waals surface area contributed by atoms with Gasteiger partial charge in [0.2, 0.25) is 11.9 Å². The number of furan rings is 1. The van der Waals surface area contributed by atoms with Gasteiger partial charge in [0.25, 0.3) is 0 Å². The standard InChI is InChI=1S/C24H21N3O4/c1-11-14(4)30-21-13(3)22-16(9-15(11)21)12(2)17(23(29)31-22)10-20(28)27-24-25-18-7-5-6-8-19(18)26-24/h5-9H,10H2,1-4H3,(H2,25,26,27,28). The lowest BCUT2D eigenvalue weighted by atomic mass is 9.99. The van der Waals surface area contributed by atoms with Gasteiger partial charge in [-0.1, -0.05) is 12.1 Å². The Kier molecular flexibility index (Phi) is 4.22. The minimum absolute atomic E-state index is 0.109. The third-order valence-electron chi connectivity index (χ3n) is 5.93. The Morgan fingerprint density at radius 3 is 2.48 bits per heavy atom. The smallest absolute Gasteiger partial charge is 0.340 e. The van der Waals surface area contributed by atoms with E-state index in [9.17, 15) is 9.59 Å². The first-order valence-electron chi connectivity index (χ1n) is 10.0. The summed E-state index contributed by atoms with van der Waals surface area (Å²) in [5, 5.41) is 4.52. The van der Waals surface area contributed by atoms with E-state index in [0.717, 1.165) is 49.8 Å². The van der Waals surface area contributed by atoms with Crippen molar-refractivity contribution in [1.29, 1.82) is 0 Å². The summed E-state index contributed by atoms with van der Waals surface area (Å²) in [5.41, 5.74) is 5.16. The Morgan fingerprint density at radius 2 is 1.71 bits per heavy atom. The summed E-state index contributed by atoms with van der Waals surface area (Å²) in [6.07, 6.45) is -0.109. The van der Waals surface area contributed by atoms with Crippen LogP contribution in [0.4, 0.5) is 5.95 Å². The first-order chi connectivity index (χ1) is 14.8. The van der Waals surface area contributed by atoms with Crippen LogP contribution in [0.25, 0.3) is 33.0 Å². The number of aromatic nitrogens is 2. The molecule has 31 heavy (non-hydrogen) atoms. The van der Waals surface area contributed by atoms with Crippen molar-refractivity contribution >= 4 is 44.8 Å². The summed E-state index contributed by atoms with van der Waals surface area (Å²) in [4.78, 5) is 32.8. The van der Waals surface area contributed by atoms with Crippen molar-refractivity contribution in [2.75, 3.05) is 5.32 Å². The minimum Gasteiger partial charge on any atom is -0.461 e. The lowest BCUT2D eigenvalue weighted by Gasteiger charge is -2.10. The molecule has 3 heterocycles. The molecule has 0 saturated carbocycles. The van der Waals surface area contributed by atoms with Crippen LogP contribution in [0.15, 0.2) is 44.0 Å². The predicted molar refractivity (Wildman–Crippen MR) is 120 cm³/mol. The lowest BCUT2D eigenvalue weighted by molar-refractivity contribution is -0.115. The maximum atomic E-state index is 12.7. The molecule has 0 bridgehead atoms. The molecule has 0 spiro atoms. The zero-order valence-corrected chi connectivity index (χ0v) is 17.7. The van der Waals surface area contributed by atoms with E-state index in [1.165, 1.54) is 0 Å². The summed E-state index contributed by atoms with van der Waals surface area (Å²) < 4.78 is 11.5. The van der Waals surface area contributed by atoms with Gasteiger partial charge < -0.3 is 13.8 Å². The van der Waals surface area contributed by atoms with E-state index < -0.39 is 5.63 Å². The number of amides is 1. The van der Waals surface area contributed by atoms with Gasteiger partial charge in [0.1, 0.15) is 16.9 Å². The molecule has 2 aromatic carbocycles. The highest BCUT2D eigenvalue weighted by atomic mass is 16.4. The first kappa shape index (κ1) is 19.1. The van der Waals surface area contributed by atoms with Crippen LogP contribution < -0.4 is 10.9 Å². The Labute approximate surface area is 177 Å². The highest BCUT2D eigenvalue weighted by Crippen LogP contribution is 2.34. The molecule has 5 aromatic rings. The van der Waals surface area contributed by atoms with Gasteiger partial charge in [-0.15, -0.1) is 0 Å². The largest absolute Gasteiger partial charge is 0.461 e. The number of benzene rings is 2. The van der Waals surface area contributed by atoms with Gasteiger partial charge in [0.15, 0.2) is 0 Å². The molecule has 7 heteroatoms. The maximum absolute atomic E-state index is 12.7. The molecular formula is C24H21N3O4. The fourth-order valence-corrected chi connectivity index (χ4v) is 4.05. The summed E-state index contributed by atoms with van der Waals surface area (Å²) in [7, 11) is 0. The molecule has 0 atom stereocenters. The van der Waals surface area contributed by atoms with Crippen LogP contribution in [0.1, 0.15) is 28.0 Å². The molecule has 0 aliphatic heterocycles. The van der Waals surface area contributed by atoms with Crippen molar-refractivity contribution in [3.8, 4) is 0 Å². The molecule has 0 radical (unpaired) electrons. The number of fused-ring (bicyclic) bond motifs is 3. The normalized spacial score (nSPS) is 11.6. The fourth-order valence-electron chi connectivity index (χ4n) is 4.05. The Balaban J connectivity index is 1.54. The Morgan fingerprint density at radius 1 is 1.00 bits per heavy atom. The van der Waals surface area contributed by atoms with Gasteiger partial charge in [-0.3, -0.25) is 10.1 Å². The van der Waals surface area contributed by atoms with Crippen molar-refractivity contribution in [2.24, 2.45) is 0 Å². The molecule has 0 fully saturated rings. The fraction of sp³-hybridized carbons (Fsp3) is 0.208. The summed E-state index contributed by atoms with van der Waals surface area (Å²) in [5.74, 6) is 0.830. The monoisotopic (exact) mass is 415 g/mol. The van der Waals surface area contributed by atoms with E-state index in [4.69, 9.17) is 8.83 Å². The average molecular weight is 415 g/mol. The second kappa shape index (κ2) is 6.84. The first-order valence-corrected chi connectivity index (χ1v) is 10.0. The van der Waals surface area contributed by atoms with Crippen LogP contribution in [-0.2, 0) is 11.2 Å². The molecule has 0 aliphatic carbocycles. The van der Waals surface area contributed by atoms with E-state index in [2.05, 4.69) is 15.3 Å². The molecule has 0 saturated heterocycles. The van der Waals surface area contributed by atoms with E-state index in [0.29, 0.717) is 17.1 Å². The number of carbonyl (C=O) groups is 1. The minimum atomic E-state index is -0.521. The third-order valence-corrected chi connectivity index (χ3v) is 5.93. The Bertz CT molecular complexity index is 1540. The number of hydrogen-bond acceptors (Lipinski definition) is 5. The van der Waals surface area contributed by atoms with Crippen LogP contribution >= 0.6 is 0 Å². The number of aryl methyl sites for hydroxylation is 4. The SMILES string of the molecule is Cc1oc2c(C)c3oc(=O)c(CC(=O)Nc4nc5ccccc5[nH]4)c(C)c3cc2c1C. The second-order valence-electron chi connectivity index (χ2n) is 7.86. The lowest BCUT2D eigenvalue weighted by Crippen LogP contribution is -2.21. The van der Waals surface area contributed by atoms with Gasteiger partial charge in [0, 0.05) is 16.3 Å². The molecule has 0 aliphatic rings. The van der Waals surface area contributed by atoms with Crippen molar-refractivity contribution in [3.05, 3.63) is 68.8 Å². The number of H-pyrrole nitrogens is 1.